The summed E-state index contributed by atoms with van der Waals surface area (Å²) in [4.78, 5) is 11.0. The minimum Gasteiger partial charge on any atom is -0.376 e. The number of likely N-dealkylation sites (tertiary alicyclic amines) is 1. The first-order valence-corrected chi connectivity index (χ1v) is 12.2. The van der Waals surface area contributed by atoms with Crippen LogP contribution in [0.2, 0.25) is 0 Å². The summed E-state index contributed by atoms with van der Waals surface area (Å²) in [6.45, 7) is 7.96. The van der Waals surface area contributed by atoms with Crippen LogP contribution in [-0.4, -0.2) is 81.0 Å². The fourth-order valence-corrected chi connectivity index (χ4v) is 5.46. The maximum atomic E-state index is 6.15. The number of piperidine rings is 1. The molecular weight excluding hydrogens is 384 g/mol. The predicted molar refractivity (Wildman–Crippen MR) is 119 cm³/mol. The Morgan fingerprint density at radius 1 is 1.28 bits per heavy atom. The van der Waals surface area contributed by atoms with E-state index in [1.54, 1.807) is 4.88 Å². The van der Waals surface area contributed by atoms with Gasteiger partial charge in [-0.1, -0.05) is 0 Å². The zero-order chi connectivity index (χ0) is 19.9. The van der Waals surface area contributed by atoms with Crippen molar-refractivity contribution in [3.8, 4) is 0 Å². The summed E-state index contributed by atoms with van der Waals surface area (Å²) in [5.41, 5.74) is 1.52. The van der Waals surface area contributed by atoms with Crippen molar-refractivity contribution in [2.45, 2.75) is 57.3 Å². The Balaban J connectivity index is 1.13. The van der Waals surface area contributed by atoms with E-state index < -0.39 is 0 Å². The van der Waals surface area contributed by atoms with Crippen molar-refractivity contribution in [3.63, 3.8) is 0 Å². The molecule has 2 fully saturated rings. The second-order valence-corrected chi connectivity index (χ2v) is 9.38. The molecular formula is C22H36N4O2S. The molecule has 1 aromatic rings. The van der Waals surface area contributed by atoms with Crippen LogP contribution in [0.15, 0.2) is 16.4 Å². The number of nitrogens with zero attached hydrogens (tertiary/aromatic N) is 3. The first-order chi connectivity index (χ1) is 14.3. The lowest BCUT2D eigenvalue weighted by Gasteiger charge is -2.35. The molecule has 4 rings (SSSR count). The Bertz CT molecular complexity index is 651. The first kappa shape index (κ1) is 21.1. The molecule has 1 atom stereocenters. The van der Waals surface area contributed by atoms with Gasteiger partial charge < -0.3 is 19.7 Å². The van der Waals surface area contributed by atoms with Crippen molar-refractivity contribution in [1.29, 1.82) is 0 Å². The molecule has 0 aliphatic carbocycles. The van der Waals surface area contributed by atoms with E-state index in [4.69, 9.17) is 9.47 Å². The van der Waals surface area contributed by atoms with Crippen molar-refractivity contribution in [2.24, 2.45) is 4.99 Å². The molecule has 162 valence electrons. The van der Waals surface area contributed by atoms with Crippen LogP contribution in [0.3, 0.4) is 0 Å². The van der Waals surface area contributed by atoms with E-state index in [2.05, 4.69) is 31.6 Å². The Hall–Kier alpha value is -1.15. The summed E-state index contributed by atoms with van der Waals surface area (Å²) in [7, 11) is 1.89. The number of aliphatic imine (C=N–C) groups is 1. The largest absolute Gasteiger partial charge is 0.376 e. The minimum absolute atomic E-state index is 0.316. The molecule has 3 aliphatic rings. The number of hydrogen-bond acceptors (Lipinski definition) is 5. The van der Waals surface area contributed by atoms with E-state index >= 15 is 0 Å². The minimum atomic E-state index is 0.316. The van der Waals surface area contributed by atoms with E-state index in [0.29, 0.717) is 12.2 Å². The van der Waals surface area contributed by atoms with Crippen LogP contribution in [-0.2, 0) is 22.4 Å². The topological polar surface area (TPSA) is 49.3 Å². The van der Waals surface area contributed by atoms with Gasteiger partial charge in [-0.15, -0.1) is 11.3 Å². The third-order valence-electron chi connectivity index (χ3n) is 6.34. The van der Waals surface area contributed by atoms with Crippen molar-refractivity contribution >= 4 is 17.3 Å². The highest BCUT2D eigenvalue weighted by molar-refractivity contribution is 7.10. The molecule has 0 spiro atoms. The molecule has 1 aromatic heterocycles. The molecule has 1 unspecified atom stereocenters. The molecule has 1 N–H and O–H groups in total. The smallest absolute Gasteiger partial charge is 0.193 e. The third kappa shape index (κ3) is 5.94. The third-order valence-corrected chi connectivity index (χ3v) is 7.37. The van der Waals surface area contributed by atoms with Gasteiger partial charge in [0.2, 0.25) is 0 Å². The molecule has 0 bridgehead atoms. The average molecular weight is 421 g/mol. The lowest BCUT2D eigenvalue weighted by Crippen LogP contribution is -2.49. The van der Waals surface area contributed by atoms with E-state index in [1.165, 1.54) is 31.4 Å². The fraction of sp³-hybridized carbons (Fsp3) is 0.773. The van der Waals surface area contributed by atoms with Gasteiger partial charge in [-0.25, -0.2) is 0 Å². The fourth-order valence-electron chi connectivity index (χ4n) is 4.57. The second-order valence-electron chi connectivity index (χ2n) is 8.38. The highest BCUT2D eigenvalue weighted by Crippen LogP contribution is 2.23. The average Bonchev–Trinajstić information content (AvgIpc) is 3.24. The first-order valence-electron chi connectivity index (χ1n) is 11.3. The quantitative estimate of drug-likeness (QED) is 0.566. The molecule has 2 saturated heterocycles. The molecule has 0 saturated carbocycles. The van der Waals surface area contributed by atoms with Crippen LogP contribution < -0.4 is 5.32 Å². The molecule has 29 heavy (non-hydrogen) atoms. The van der Waals surface area contributed by atoms with Crippen LogP contribution in [0.25, 0.3) is 0 Å². The van der Waals surface area contributed by atoms with Crippen LogP contribution in [0.4, 0.5) is 0 Å². The summed E-state index contributed by atoms with van der Waals surface area (Å²) in [6.07, 6.45) is 7.65. The second kappa shape index (κ2) is 10.8. The molecule has 0 amide bonds. The van der Waals surface area contributed by atoms with Crippen LogP contribution in [0.1, 0.15) is 42.5 Å². The normalized spacial score (nSPS) is 24.5. The van der Waals surface area contributed by atoms with Crippen LogP contribution in [0.5, 0.6) is 0 Å². The number of fused-ring (bicyclic) bond motifs is 1. The summed E-state index contributed by atoms with van der Waals surface area (Å²) in [5, 5.41) is 5.80. The molecule has 0 radical (unpaired) electrons. The SMILES string of the molecule is CN=C(NCCN1CCc2sccc2C1)N1CCC(OCC2CCCCO2)CC1. The Labute approximate surface area is 179 Å². The van der Waals surface area contributed by atoms with Crippen molar-refractivity contribution in [3.05, 3.63) is 21.9 Å². The monoisotopic (exact) mass is 420 g/mol. The summed E-state index contributed by atoms with van der Waals surface area (Å²) >= 11 is 1.90. The van der Waals surface area contributed by atoms with E-state index in [9.17, 15) is 0 Å². The standard InChI is InChI=1S/C22H36N4O2S/c1-23-22(24-9-13-25-10-7-21-18(16-25)8-15-29-21)26-11-5-19(6-12-26)28-17-20-4-2-3-14-27-20/h8,15,19-20H,2-7,9-14,16-17H2,1H3,(H,23,24). The highest BCUT2D eigenvalue weighted by atomic mass is 32.1. The molecule has 3 aliphatic heterocycles. The Morgan fingerprint density at radius 3 is 2.97 bits per heavy atom. The predicted octanol–water partition coefficient (Wildman–Crippen LogP) is 2.73. The number of rotatable bonds is 6. The summed E-state index contributed by atoms with van der Waals surface area (Å²) < 4.78 is 11.9. The number of thiophene rings is 1. The number of nitrogens with one attached hydrogen (secondary N) is 1. The van der Waals surface area contributed by atoms with E-state index in [-0.39, 0.29) is 0 Å². The van der Waals surface area contributed by atoms with Crippen LogP contribution >= 0.6 is 11.3 Å². The maximum absolute atomic E-state index is 6.15. The number of ether oxygens (including phenoxy) is 2. The van der Waals surface area contributed by atoms with Gasteiger partial charge in [0.05, 0.1) is 18.8 Å². The number of hydrogen-bond donors (Lipinski definition) is 1. The van der Waals surface area contributed by atoms with Crippen molar-refractivity contribution < 1.29 is 9.47 Å². The van der Waals surface area contributed by atoms with Crippen molar-refractivity contribution in [1.82, 2.24) is 15.1 Å². The summed E-state index contributed by atoms with van der Waals surface area (Å²) in [6, 6.07) is 2.28. The van der Waals surface area contributed by atoms with Gasteiger partial charge in [-0.2, -0.15) is 0 Å². The Morgan fingerprint density at radius 2 is 2.17 bits per heavy atom. The van der Waals surface area contributed by atoms with Gasteiger partial charge in [0.25, 0.3) is 0 Å². The van der Waals surface area contributed by atoms with Gasteiger partial charge in [-0.05, 0) is 55.5 Å². The van der Waals surface area contributed by atoms with E-state index in [0.717, 1.165) is 71.2 Å². The van der Waals surface area contributed by atoms with E-state index in [1.807, 2.05) is 18.4 Å². The van der Waals surface area contributed by atoms with Gasteiger partial charge in [0.1, 0.15) is 0 Å². The highest BCUT2D eigenvalue weighted by Gasteiger charge is 2.24. The zero-order valence-corrected chi connectivity index (χ0v) is 18.6. The number of guanidine groups is 1. The zero-order valence-electron chi connectivity index (χ0n) is 17.8. The summed E-state index contributed by atoms with van der Waals surface area (Å²) in [5.74, 6) is 1.03. The van der Waals surface area contributed by atoms with Gasteiger partial charge in [0, 0.05) is 57.8 Å². The maximum Gasteiger partial charge on any atom is 0.193 e. The molecule has 0 aromatic carbocycles. The lowest BCUT2D eigenvalue weighted by atomic mass is 10.1. The van der Waals surface area contributed by atoms with Gasteiger partial charge >= 0.3 is 0 Å². The molecule has 7 heteroatoms. The van der Waals surface area contributed by atoms with Gasteiger partial charge in [-0.3, -0.25) is 9.89 Å². The van der Waals surface area contributed by atoms with Crippen molar-refractivity contribution in [2.75, 3.05) is 53.0 Å². The molecule has 6 nitrogen and oxygen atoms in total. The Kier molecular flexibility index (Phi) is 7.82. The molecule has 4 heterocycles. The lowest BCUT2D eigenvalue weighted by molar-refractivity contribution is -0.0721. The van der Waals surface area contributed by atoms with Crippen LogP contribution in [0, 0.1) is 0 Å². The van der Waals surface area contributed by atoms with Gasteiger partial charge in [0.15, 0.2) is 5.96 Å².